The van der Waals surface area contributed by atoms with Gasteiger partial charge in [-0.1, -0.05) is 0 Å². The molecular formula is C13H12FNO. The molecular weight excluding hydrogens is 205 g/mol. The first-order valence-corrected chi connectivity index (χ1v) is 5.54. The maximum absolute atomic E-state index is 13.0. The van der Waals surface area contributed by atoms with Gasteiger partial charge in [-0.15, -0.1) is 0 Å². The van der Waals surface area contributed by atoms with Crippen LogP contribution in [-0.4, -0.2) is 10.8 Å². The predicted molar refractivity (Wildman–Crippen MR) is 59.9 cm³/mol. The van der Waals surface area contributed by atoms with Gasteiger partial charge in [0, 0.05) is 29.1 Å². The number of H-pyrrole nitrogens is 1. The van der Waals surface area contributed by atoms with Crippen LogP contribution in [0.5, 0.6) is 0 Å². The summed E-state index contributed by atoms with van der Waals surface area (Å²) in [5.41, 5.74) is 1.39. The highest BCUT2D eigenvalue weighted by molar-refractivity contribution is 6.07. The SMILES string of the molecule is O=C(CC1CC1)c1c[nH]c2cc(F)ccc12. The van der Waals surface area contributed by atoms with E-state index >= 15 is 0 Å². The molecule has 1 fully saturated rings. The van der Waals surface area contributed by atoms with Crippen molar-refractivity contribution in [2.75, 3.05) is 0 Å². The molecule has 0 unspecified atom stereocenters. The van der Waals surface area contributed by atoms with E-state index in [-0.39, 0.29) is 11.6 Å². The largest absolute Gasteiger partial charge is 0.360 e. The van der Waals surface area contributed by atoms with E-state index < -0.39 is 0 Å². The normalized spacial score (nSPS) is 15.6. The van der Waals surface area contributed by atoms with E-state index in [1.54, 1.807) is 12.3 Å². The fourth-order valence-electron chi connectivity index (χ4n) is 2.02. The zero-order valence-corrected chi connectivity index (χ0v) is 8.79. The van der Waals surface area contributed by atoms with Crippen LogP contribution in [-0.2, 0) is 0 Å². The minimum absolute atomic E-state index is 0.167. The Hall–Kier alpha value is -1.64. The van der Waals surface area contributed by atoms with Gasteiger partial charge in [0.2, 0.25) is 0 Å². The minimum Gasteiger partial charge on any atom is -0.360 e. The Balaban J connectivity index is 1.99. The highest BCUT2D eigenvalue weighted by atomic mass is 19.1. The molecule has 3 heteroatoms. The number of rotatable bonds is 3. The van der Waals surface area contributed by atoms with Gasteiger partial charge >= 0.3 is 0 Å². The van der Waals surface area contributed by atoms with Crippen LogP contribution in [0.25, 0.3) is 10.9 Å². The molecule has 3 rings (SSSR count). The highest BCUT2D eigenvalue weighted by Crippen LogP contribution is 2.34. The second-order valence-corrected chi connectivity index (χ2v) is 4.46. The molecule has 2 nitrogen and oxygen atoms in total. The van der Waals surface area contributed by atoms with Gasteiger partial charge in [0.25, 0.3) is 0 Å². The number of carbonyl (C=O) groups excluding carboxylic acids is 1. The monoisotopic (exact) mass is 217 g/mol. The van der Waals surface area contributed by atoms with E-state index in [0.717, 1.165) is 5.39 Å². The average Bonchev–Trinajstić information content (AvgIpc) is 2.96. The second-order valence-electron chi connectivity index (χ2n) is 4.46. The molecule has 2 aromatic rings. The van der Waals surface area contributed by atoms with Crippen molar-refractivity contribution in [3.63, 3.8) is 0 Å². The quantitative estimate of drug-likeness (QED) is 0.786. The number of halogens is 1. The third kappa shape index (κ3) is 1.62. The topological polar surface area (TPSA) is 32.9 Å². The number of hydrogen-bond donors (Lipinski definition) is 1. The summed E-state index contributed by atoms with van der Waals surface area (Å²) in [4.78, 5) is 14.9. The number of benzene rings is 1. The summed E-state index contributed by atoms with van der Waals surface area (Å²) in [6.45, 7) is 0. The van der Waals surface area contributed by atoms with Crippen LogP contribution in [0.4, 0.5) is 4.39 Å². The molecule has 1 saturated carbocycles. The summed E-state index contributed by atoms with van der Waals surface area (Å²) in [5.74, 6) is 0.466. The third-order valence-electron chi connectivity index (χ3n) is 3.12. The smallest absolute Gasteiger partial charge is 0.165 e. The van der Waals surface area contributed by atoms with Gasteiger partial charge in [-0.25, -0.2) is 4.39 Å². The molecule has 0 spiro atoms. The molecule has 0 amide bonds. The number of ketones is 1. The number of aromatic nitrogens is 1. The van der Waals surface area contributed by atoms with Crippen molar-refractivity contribution >= 4 is 16.7 Å². The molecule has 1 aromatic heterocycles. The summed E-state index contributed by atoms with van der Waals surface area (Å²) in [6, 6.07) is 4.48. The Morgan fingerprint density at radius 2 is 2.25 bits per heavy atom. The Kier molecular flexibility index (Phi) is 2.06. The lowest BCUT2D eigenvalue weighted by molar-refractivity contribution is 0.0977. The van der Waals surface area contributed by atoms with Crippen molar-refractivity contribution in [1.29, 1.82) is 0 Å². The molecule has 0 atom stereocenters. The molecule has 1 aromatic carbocycles. The van der Waals surface area contributed by atoms with Gasteiger partial charge in [-0.3, -0.25) is 4.79 Å². The van der Waals surface area contributed by atoms with Crippen LogP contribution in [0, 0.1) is 11.7 Å². The Bertz CT molecular complexity index is 554. The van der Waals surface area contributed by atoms with Crippen LogP contribution < -0.4 is 0 Å². The first kappa shape index (κ1) is 9.58. The van der Waals surface area contributed by atoms with Crippen molar-refractivity contribution < 1.29 is 9.18 Å². The molecule has 1 aliphatic rings. The van der Waals surface area contributed by atoms with Gasteiger partial charge in [0.05, 0.1) is 0 Å². The van der Waals surface area contributed by atoms with Gasteiger partial charge in [0.15, 0.2) is 5.78 Å². The van der Waals surface area contributed by atoms with Crippen molar-refractivity contribution in [2.24, 2.45) is 5.92 Å². The Labute approximate surface area is 92.5 Å². The molecule has 82 valence electrons. The lowest BCUT2D eigenvalue weighted by Gasteiger charge is -1.97. The van der Waals surface area contributed by atoms with E-state index in [1.165, 1.54) is 25.0 Å². The average molecular weight is 217 g/mol. The van der Waals surface area contributed by atoms with Crippen LogP contribution in [0.1, 0.15) is 29.6 Å². The standard InChI is InChI=1S/C13H12FNO/c14-9-3-4-10-11(7-15-12(10)6-9)13(16)5-8-1-2-8/h3-4,6-8,15H,1-2,5H2. The molecule has 1 heterocycles. The molecule has 16 heavy (non-hydrogen) atoms. The summed E-state index contributed by atoms with van der Waals surface area (Å²) in [7, 11) is 0. The number of Topliss-reactive ketones (excluding diaryl/α,β-unsaturated/α-hetero) is 1. The second kappa shape index (κ2) is 3.44. The van der Waals surface area contributed by atoms with Crippen LogP contribution >= 0.6 is 0 Å². The first-order valence-electron chi connectivity index (χ1n) is 5.54. The first-order chi connectivity index (χ1) is 7.74. The van der Waals surface area contributed by atoms with Crippen molar-refractivity contribution in [2.45, 2.75) is 19.3 Å². The van der Waals surface area contributed by atoms with E-state index in [2.05, 4.69) is 4.98 Å². The lowest BCUT2D eigenvalue weighted by atomic mass is 10.1. The van der Waals surface area contributed by atoms with E-state index in [4.69, 9.17) is 0 Å². The number of aromatic amines is 1. The Morgan fingerprint density at radius 3 is 3.00 bits per heavy atom. The highest BCUT2D eigenvalue weighted by Gasteiger charge is 2.25. The molecule has 1 aliphatic carbocycles. The fraction of sp³-hybridized carbons (Fsp3) is 0.308. The number of carbonyl (C=O) groups is 1. The number of nitrogens with one attached hydrogen (secondary N) is 1. The van der Waals surface area contributed by atoms with Gasteiger partial charge < -0.3 is 4.98 Å². The van der Waals surface area contributed by atoms with Gasteiger partial charge in [0.1, 0.15) is 5.82 Å². The van der Waals surface area contributed by atoms with Gasteiger partial charge in [-0.05, 0) is 37.0 Å². The summed E-state index contributed by atoms with van der Waals surface area (Å²) >= 11 is 0. The van der Waals surface area contributed by atoms with Crippen molar-refractivity contribution in [3.8, 4) is 0 Å². The molecule has 0 aliphatic heterocycles. The summed E-state index contributed by atoms with van der Waals surface area (Å²) in [6.07, 6.45) is 4.66. The molecule has 0 bridgehead atoms. The number of hydrogen-bond acceptors (Lipinski definition) is 1. The van der Waals surface area contributed by atoms with Crippen molar-refractivity contribution in [3.05, 3.63) is 35.8 Å². The fourth-order valence-corrected chi connectivity index (χ4v) is 2.02. The van der Waals surface area contributed by atoms with Crippen LogP contribution in [0.3, 0.4) is 0 Å². The van der Waals surface area contributed by atoms with E-state index in [1.807, 2.05) is 0 Å². The molecule has 0 saturated heterocycles. The maximum atomic E-state index is 13.0. The summed E-state index contributed by atoms with van der Waals surface area (Å²) < 4.78 is 13.0. The number of fused-ring (bicyclic) bond motifs is 1. The Morgan fingerprint density at radius 1 is 1.44 bits per heavy atom. The predicted octanol–water partition coefficient (Wildman–Crippen LogP) is 3.29. The zero-order chi connectivity index (χ0) is 11.1. The molecule has 1 N–H and O–H groups in total. The zero-order valence-electron chi connectivity index (χ0n) is 8.79. The molecule has 0 radical (unpaired) electrons. The van der Waals surface area contributed by atoms with Gasteiger partial charge in [-0.2, -0.15) is 0 Å². The minimum atomic E-state index is -0.282. The third-order valence-corrected chi connectivity index (χ3v) is 3.12. The maximum Gasteiger partial charge on any atom is 0.165 e. The lowest BCUT2D eigenvalue weighted by Crippen LogP contribution is -1.98. The van der Waals surface area contributed by atoms with Crippen molar-refractivity contribution in [1.82, 2.24) is 4.98 Å². The summed E-state index contributed by atoms with van der Waals surface area (Å²) in [5, 5.41) is 0.826. The van der Waals surface area contributed by atoms with E-state index in [9.17, 15) is 9.18 Å². The van der Waals surface area contributed by atoms with Crippen LogP contribution in [0.15, 0.2) is 24.4 Å². The van der Waals surface area contributed by atoms with Crippen LogP contribution in [0.2, 0.25) is 0 Å². The van der Waals surface area contributed by atoms with E-state index in [0.29, 0.717) is 23.4 Å².